The summed E-state index contributed by atoms with van der Waals surface area (Å²) in [7, 11) is 0. The van der Waals surface area contributed by atoms with Crippen molar-refractivity contribution in [1.82, 2.24) is 4.98 Å². The molecule has 5 rings (SSSR count). The van der Waals surface area contributed by atoms with Crippen LogP contribution in [0.2, 0.25) is 0 Å². The molecule has 0 saturated carbocycles. The van der Waals surface area contributed by atoms with Gasteiger partial charge in [0.05, 0.1) is 17.9 Å². The minimum absolute atomic E-state index is 0.0390. The largest absolute Gasteiger partial charge is 0.492 e. The normalized spacial score (nSPS) is 15.1. The van der Waals surface area contributed by atoms with Gasteiger partial charge in [0.25, 0.3) is 5.91 Å². The molecule has 0 aliphatic carbocycles. The van der Waals surface area contributed by atoms with E-state index in [1.165, 1.54) is 5.56 Å². The molecule has 0 N–H and O–H groups in total. The van der Waals surface area contributed by atoms with Gasteiger partial charge >= 0.3 is 0 Å². The third-order valence-corrected chi connectivity index (χ3v) is 6.75. The number of ether oxygens (including phenoxy) is 2. The van der Waals surface area contributed by atoms with Gasteiger partial charge in [0, 0.05) is 16.5 Å². The molecule has 0 spiro atoms. The van der Waals surface area contributed by atoms with E-state index >= 15 is 0 Å². The molecule has 0 fully saturated rings. The van der Waals surface area contributed by atoms with Gasteiger partial charge in [-0.25, -0.2) is 4.98 Å². The van der Waals surface area contributed by atoms with E-state index < -0.39 is 6.10 Å². The zero-order valence-corrected chi connectivity index (χ0v) is 20.0. The number of aromatic nitrogens is 1. The van der Waals surface area contributed by atoms with Gasteiger partial charge in [-0.05, 0) is 43.7 Å². The van der Waals surface area contributed by atoms with Crippen molar-refractivity contribution in [2.24, 2.45) is 0 Å². The van der Waals surface area contributed by atoms with Crippen molar-refractivity contribution >= 4 is 22.9 Å². The van der Waals surface area contributed by atoms with Crippen LogP contribution >= 0.6 is 11.3 Å². The molecule has 1 aliphatic heterocycles. The Labute approximate surface area is 203 Å². The average Bonchev–Trinajstić information content (AvgIpc) is 3.37. The van der Waals surface area contributed by atoms with E-state index in [-0.39, 0.29) is 5.91 Å². The van der Waals surface area contributed by atoms with Crippen molar-refractivity contribution in [3.63, 3.8) is 0 Å². The Kier molecular flexibility index (Phi) is 6.32. The quantitative estimate of drug-likeness (QED) is 0.315. The lowest BCUT2D eigenvalue weighted by Gasteiger charge is -2.34. The van der Waals surface area contributed by atoms with Gasteiger partial charge in [0.1, 0.15) is 23.1 Å². The van der Waals surface area contributed by atoms with Crippen molar-refractivity contribution in [3.8, 4) is 33.3 Å². The zero-order valence-electron chi connectivity index (χ0n) is 19.2. The maximum absolute atomic E-state index is 13.2. The SMILES string of the molecule is CCC1Oc2ccc(-c3csc(-c4ccccc4)n3)cc2N(CCOc2ccc(C)cc2)C1=O. The standard InChI is InChI=1S/C28H26N2O3S/c1-3-25-28(31)30(15-16-32-22-12-9-19(2)10-13-22)24-17-21(11-14-26(24)33-25)23-18-34-27(29-23)20-7-5-4-6-8-20/h4-14,17-18,25H,3,15-16H2,1-2H3. The van der Waals surface area contributed by atoms with E-state index in [2.05, 4.69) is 17.5 Å². The van der Waals surface area contributed by atoms with Crippen molar-refractivity contribution < 1.29 is 14.3 Å². The maximum Gasteiger partial charge on any atom is 0.268 e. The first-order chi connectivity index (χ1) is 16.6. The van der Waals surface area contributed by atoms with Gasteiger partial charge in [-0.15, -0.1) is 11.3 Å². The molecule has 0 bridgehead atoms. The molecule has 1 aromatic heterocycles. The van der Waals surface area contributed by atoms with Crippen LogP contribution in [0.4, 0.5) is 5.69 Å². The van der Waals surface area contributed by atoms with Crippen LogP contribution in [0.5, 0.6) is 11.5 Å². The maximum atomic E-state index is 13.2. The highest BCUT2D eigenvalue weighted by Crippen LogP contribution is 2.39. The lowest BCUT2D eigenvalue weighted by Crippen LogP contribution is -2.47. The van der Waals surface area contributed by atoms with Crippen molar-refractivity contribution in [2.45, 2.75) is 26.4 Å². The Balaban J connectivity index is 1.40. The highest BCUT2D eigenvalue weighted by molar-refractivity contribution is 7.13. The summed E-state index contributed by atoms with van der Waals surface area (Å²) in [4.78, 5) is 19.8. The van der Waals surface area contributed by atoms with Crippen molar-refractivity contribution in [1.29, 1.82) is 0 Å². The van der Waals surface area contributed by atoms with Gasteiger partial charge in [-0.2, -0.15) is 0 Å². The first-order valence-electron chi connectivity index (χ1n) is 11.5. The predicted octanol–water partition coefficient (Wildman–Crippen LogP) is 6.37. The molecule has 34 heavy (non-hydrogen) atoms. The van der Waals surface area contributed by atoms with Crippen LogP contribution in [-0.4, -0.2) is 30.1 Å². The van der Waals surface area contributed by atoms with Gasteiger partial charge in [0.15, 0.2) is 6.10 Å². The van der Waals surface area contributed by atoms with Crippen molar-refractivity contribution in [3.05, 3.63) is 83.7 Å². The Hall–Kier alpha value is -3.64. The van der Waals surface area contributed by atoms with Crippen LogP contribution in [-0.2, 0) is 4.79 Å². The number of hydrogen-bond acceptors (Lipinski definition) is 5. The van der Waals surface area contributed by atoms with Crippen LogP contribution in [0.25, 0.3) is 21.8 Å². The molecule has 3 aromatic carbocycles. The number of thiazole rings is 1. The Morgan fingerprint density at radius 1 is 1.03 bits per heavy atom. The summed E-state index contributed by atoms with van der Waals surface area (Å²) in [5, 5.41) is 3.02. The van der Waals surface area contributed by atoms with Gasteiger partial charge in [-0.1, -0.05) is 55.0 Å². The summed E-state index contributed by atoms with van der Waals surface area (Å²) in [6.45, 7) is 4.84. The zero-order chi connectivity index (χ0) is 23.5. The monoisotopic (exact) mass is 470 g/mol. The van der Waals surface area contributed by atoms with Crippen molar-refractivity contribution in [2.75, 3.05) is 18.1 Å². The number of carbonyl (C=O) groups excluding carboxylic acids is 1. The van der Waals surface area contributed by atoms with Crippen LogP contribution in [0.3, 0.4) is 0 Å². The molecule has 1 amide bonds. The van der Waals surface area contributed by atoms with Gasteiger partial charge in [-0.3, -0.25) is 4.79 Å². The molecule has 2 heterocycles. The van der Waals surface area contributed by atoms with E-state index in [1.54, 1.807) is 16.2 Å². The smallest absolute Gasteiger partial charge is 0.268 e. The highest BCUT2D eigenvalue weighted by atomic mass is 32.1. The number of amides is 1. The number of benzene rings is 3. The molecule has 5 nitrogen and oxygen atoms in total. The third-order valence-electron chi connectivity index (χ3n) is 5.86. The minimum Gasteiger partial charge on any atom is -0.492 e. The number of hydrogen-bond donors (Lipinski definition) is 0. The van der Waals surface area contributed by atoms with E-state index in [1.807, 2.05) is 74.5 Å². The van der Waals surface area contributed by atoms with E-state index in [4.69, 9.17) is 14.5 Å². The second-order valence-corrected chi connectivity index (χ2v) is 9.11. The van der Waals surface area contributed by atoms with Crippen LogP contribution in [0, 0.1) is 6.92 Å². The van der Waals surface area contributed by atoms with E-state index in [0.717, 1.165) is 33.3 Å². The molecule has 1 atom stereocenters. The summed E-state index contributed by atoms with van der Waals surface area (Å²) in [5.74, 6) is 1.47. The molecule has 172 valence electrons. The van der Waals surface area contributed by atoms with E-state index in [9.17, 15) is 4.79 Å². The lowest BCUT2D eigenvalue weighted by molar-refractivity contribution is -0.126. The third kappa shape index (κ3) is 4.54. The first-order valence-corrected chi connectivity index (χ1v) is 12.3. The number of nitrogens with zero attached hydrogens (tertiary/aromatic N) is 2. The summed E-state index contributed by atoms with van der Waals surface area (Å²) in [5.41, 5.74) is 4.87. The number of anilines is 1. The topological polar surface area (TPSA) is 51.7 Å². The van der Waals surface area contributed by atoms with Crippen LogP contribution in [0.1, 0.15) is 18.9 Å². The van der Waals surface area contributed by atoms with Crippen LogP contribution < -0.4 is 14.4 Å². The number of rotatable bonds is 7. The molecule has 1 aliphatic rings. The summed E-state index contributed by atoms with van der Waals surface area (Å²) in [6, 6.07) is 24.0. The fourth-order valence-corrected chi connectivity index (χ4v) is 4.82. The van der Waals surface area contributed by atoms with Gasteiger partial charge < -0.3 is 14.4 Å². The number of carbonyl (C=O) groups is 1. The highest BCUT2D eigenvalue weighted by Gasteiger charge is 2.33. The fourth-order valence-electron chi connectivity index (χ4n) is 3.98. The fraction of sp³-hybridized carbons (Fsp3) is 0.214. The molecular weight excluding hydrogens is 444 g/mol. The minimum atomic E-state index is -0.485. The van der Waals surface area contributed by atoms with Gasteiger partial charge in [0.2, 0.25) is 0 Å². The summed E-state index contributed by atoms with van der Waals surface area (Å²) < 4.78 is 11.9. The molecular formula is C28H26N2O3S. The molecule has 1 unspecified atom stereocenters. The first kappa shape index (κ1) is 22.2. The Bertz CT molecular complexity index is 1280. The Morgan fingerprint density at radius 3 is 2.59 bits per heavy atom. The van der Waals surface area contributed by atoms with E-state index in [0.29, 0.717) is 25.3 Å². The average molecular weight is 471 g/mol. The lowest BCUT2D eigenvalue weighted by atomic mass is 10.1. The number of aryl methyl sites for hydroxylation is 1. The number of fused-ring (bicyclic) bond motifs is 1. The Morgan fingerprint density at radius 2 is 1.82 bits per heavy atom. The molecule has 0 radical (unpaired) electrons. The summed E-state index contributed by atoms with van der Waals surface area (Å²) in [6.07, 6.45) is 0.128. The summed E-state index contributed by atoms with van der Waals surface area (Å²) >= 11 is 1.61. The predicted molar refractivity (Wildman–Crippen MR) is 137 cm³/mol. The second kappa shape index (κ2) is 9.69. The molecule has 0 saturated heterocycles. The molecule has 4 aromatic rings. The van der Waals surface area contributed by atoms with Crippen LogP contribution in [0.15, 0.2) is 78.2 Å². The second-order valence-electron chi connectivity index (χ2n) is 8.25. The molecule has 6 heteroatoms.